The van der Waals surface area contributed by atoms with Crippen LogP contribution in [0.25, 0.3) is 0 Å². The van der Waals surface area contributed by atoms with Gasteiger partial charge >= 0.3 is 0 Å². The maximum atomic E-state index is 11.7. The Balaban J connectivity index is 2.95. The van der Waals surface area contributed by atoms with Gasteiger partial charge in [-0.3, -0.25) is 19.1 Å². The van der Waals surface area contributed by atoms with Crippen molar-refractivity contribution in [3.8, 4) is 5.88 Å². The van der Waals surface area contributed by atoms with E-state index in [0.717, 1.165) is 19.1 Å². The van der Waals surface area contributed by atoms with E-state index in [1.54, 1.807) is 0 Å². The number of H-pyrrole nitrogens is 1. The van der Waals surface area contributed by atoms with Gasteiger partial charge in [0.2, 0.25) is 11.8 Å². The Labute approximate surface area is 127 Å². The lowest BCUT2D eigenvalue weighted by atomic mass is 10.2. The zero-order valence-electron chi connectivity index (χ0n) is 11.8. The summed E-state index contributed by atoms with van der Waals surface area (Å²) in [6.07, 6.45) is 4.64. The summed E-state index contributed by atoms with van der Waals surface area (Å²) in [6, 6.07) is 0. The number of hydrogen-bond acceptors (Lipinski definition) is 5. The van der Waals surface area contributed by atoms with Gasteiger partial charge in [0, 0.05) is 13.0 Å². The highest BCUT2D eigenvalue weighted by Crippen LogP contribution is 2.11. The van der Waals surface area contributed by atoms with Crippen LogP contribution >= 0.6 is 12.2 Å². The zero-order valence-corrected chi connectivity index (χ0v) is 12.6. The first-order valence-corrected chi connectivity index (χ1v) is 6.91. The van der Waals surface area contributed by atoms with E-state index in [9.17, 15) is 14.7 Å². The third-order valence-corrected chi connectivity index (χ3v) is 2.98. The van der Waals surface area contributed by atoms with Gasteiger partial charge in [0.25, 0.3) is 5.56 Å². The van der Waals surface area contributed by atoms with E-state index in [1.807, 2.05) is 6.92 Å². The van der Waals surface area contributed by atoms with Gasteiger partial charge in [-0.2, -0.15) is 5.10 Å². The van der Waals surface area contributed by atoms with Crippen LogP contribution in [0.1, 0.15) is 31.7 Å². The van der Waals surface area contributed by atoms with Gasteiger partial charge < -0.3 is 5.11 Å². The molecule has 0 atom stereocenters. The molecule has 1 amide bonds. The Morgan fingerprint density at radius 2 is 2.33 bits per heavy atom. The second-order valence-electron chi connectivity index (χ2n) is 4.29. The number of nitrogens with zero attached hydrogens (tertiary/aromatic N) is 2. The predicted octanol–water partition coefficient (Wildman–Crippen LogP) is 1.44. The molecular weight excluding hydrogens is 292 g/mol. The smallest absolute Gasteiger partial charge is 0.264 e. The maximum absolute atomic E-state index is 11.7. The topological polar surface area (TPSA) is 99.5 Å². The summed E-state index contributed by atoms with van der Waals surface area (Å²) in [6.45, 7) is 5.76. The molecule has 1 aromatic rings. The largest absolute Gasteiger partial charge is 0.494 e. The molecule has 1 rings (SSSR count). The van der Waals surface area contributed by atoms with E-state index in [-0.39, 0.29) is 28.7 Å². The summed E-state index contributed by atoms with van der Waals surface area (Å²) in [5.74, 6) is -0.571. The van der Waals surface area contributed by atoms with Crippen LogP contribution in [0.15, 0.2) is 22.6 Å². The second-order valence-corrected chi connectivity index (χ2v) is 4.68. The van der Waals surface area contributed by atoms with Gasteiger partial charge in [0.05, 0.1) is 6.21 Å². The van der Waals surface area contributed by atoms with Gasteiger partial charge in [-0.1, -0.05) is 19.4 Å². The second kappa shape index (κ2) is 8.15. The number of unbranched alkanes of at least 4 members (excludes halogenated alkanes) is 1. The van der Waals surface area contributed by atoms with Crippen molar-refractivity contribution in [1.29, 1.82) is 0 Å². The number of carbonyl (C=O) groups is 1. The van der Waals surface area contributed by atoms with Crippen molar-refractivity contribution >= 4 is 24.3 Å². The van der Waals surface area contributed by atoms with Gasteiger partial charge in [-0.15, -0.1) is 6.58 Å². The van der Waals surface area contributed by atoms with E-state index < -0.39 is 5.56 Å². The number of amides is 1. The van der Waals surface area contributed by atoms with Crippen LogP contribution in [-0.4, -0.2) is 26.8 Å². The van der Waals surface area contributed by atoms with Gasteiger partial charge in [-0.25, -0.2) is 5.43 Å². The van der Waals surface area contributed by atoms with E-state index in [0.29, 0.717) is 6.42 Å². The Morgan fingerprint density at radius 1 is 1.62 bits per heavy atom. The molecule has 0 aliphatic rings. The number of aromatic nitrogens is 2. The third-order valence-electron chi connectivity index (χ3n) is 2.66. The van der Waals surface area contributed by atoms with Crippen molar-refractivity contribution in [2.24, 2.45) is 5.10 Å². The average Bonchev–Trinajstić information content (AvgIpc) is 2.44. The van der Waals surface area contributed by atoms with Crippen molar-refractivity contribution in [3.63, 3.8) is 0 Å². The Morgan fingerprint density at radius 3 is 2.95 bits per heavy atom. The Bertz CT molecular complexity index is 660. The highest BCUT2D eigenvalue weighted by Gasteiger charge is 2.10. The van der Waals surface area contributed by atoms with E-state index in [4.69, 9.17) is 12.2 Å². The lowest BCUT2D eigenvalue weighted by molar-refractivity contribution is -0.121. The minimum Gasteiger partial charge on any atom is -0.494 e. The minimum atomic E-state index is -0.579. The van der Waals surface area contributed by atoms with Crippen LogP contribution < -0.4 is 11.0 Å². The lowest BCUT2D eigenvalue weighted by Crippen LogP contribution is -2.21. The molecule has 0 saturated heterocycles. The standard InChI is InChI=1S/C13H18N4O3S/c1-3-5-6-10(18)16-14-8-9-11(19)15-13(21)17(7-4-2)12(9)20/h4,8,20H,2-3,5-7H2,1H3,(H,16,18)(H,15,19,21). The van der Waals surface area contributed by atoms with Crippen LogP contribution in [0.3, 0.4) is 0 Å². The highest BCUT2D eigenvalue weighted by molar-refractivity contribution is 7.71. The van der Waals surface area contributed by atoms with Crippen LogP contribution in [0, 0.1) is 4.77 Å². The molecule has 21 heavy (non-hydrogen) atoms. The molecule has 3 N–H and O–H groups in total. The lowest BCUT2D eigenvalue weighted by Gasteiger charge is -2.08. The molecule has 0 aliphatic heterocycles. The summed E-state index contributed by atoms with van der Waals surface area (Å²) in [5, 5.41) is 13.7. The van der Waals surface area contributed by atoms with Crippen LogP contribution in [-0.2, 0) is 11.3 Å². The highest BCUT2D eigenvalue weighted by atomic mass is 32.1. The molecule has 0 unspecified atom stereocenters. The number of aromatic hydroxyl groups is 1. The molecule has 0 aromatic carbocycles. The summed E-state index contributed by atoms with van der Waals surface area (Å²) >= 11 is 4.94. The molecule has 0 radical (unpaired) electrons. The molecule has 114 valence electrons. The summed E-state index contributed by atoms with van der Waals surface area (Å²) in [5.41, 5.74) is 1.64. The molecule has 0 bridgehead atoms. The number of hydrogen-bond donors (Lipinski definition) is 3. The van der Waals surface area contributed by atoms with Crippen molar-refractivity contribution in [2.75, 3.05) is 0 Å². The minimum absolute atomic E-state index is 0.0822. The van der Waals surface area contributed by atoms with E-state index in [2.05, 4.69) is 22.1 Å². The number of nitrogens with one attached hydrogen (secondary N) is 2. The molecule has 0 fully saturated rings. The molecule has 0 spiro atoms. The summed E-state index contributed by atoms with van der Waals surface area (Å²) in [4.78, 5) is 25.5. The molecule has 8 heteroatoms. The first-order valence-electron chi connectivity index (χ1n) is 6.50. The molecular formula is C13H18N4O3S. The van der Waals surface area contributed by atoms with E-state index >= 15 is 0 Å². The van der Waals surface area contributed by atoms with Crippen LogP contribution in [0.4, 0.5) is 0 Å². The van der Waals surface area contributed by atoms with Crippen molar-refractivity contribution < 1.29 is 9.90 Å². The van der Waals surface area contributed by atoms with Gasteiger partial charge in [-0.05, 0) is 18.6 Å². The SMILES string of the molecule is C=CCn1c(O)c(C=NNC(=O)CCCC)c(=O)[nH]c1=S. The normalized spacial score (nSPS) is 10.7. The quantitative estimate of drug-likeness (QED) is 0.307. The third kappa shape index (κ3) is 4.67. The molecule has 1 aromatic heterocycles. The molecule has 0 aliphatic carbocycles. The van der Waals surface area contributed by atoms with Crippen molar-refractivity contribution in [3.05, 3.63) is 33.3 Å². The number of aromatic amines is 1. The first kappa shape index (κ1) is 16.8. The number of rotatable bonds is 7. The average molecular weight is 310 g/mol. The Kier molecular flexibility index (Phi) is 6.54. The van der Waals surface area contributed by atoms with Gasteiger partial charge in [0.15, 0.2) is 4.77 Å². The molecule has 0 saturated carbocycles. The van der Waals surface area contributed by atoms with Crippen molar-refractivity contribution in [2.45, 2.75) is 32.7 Å². The van der Waals surface area contributed by atoms with E-state index in [1.165, 1.54) is 10.6 Å². The Hall–Kier alpha value is -2.22. The predicted molar refractivity (Wildman–Crippen MR) is 83.0 cm³/mol. The van der Waals surface area contributed by atoms with Crippen molar-refractivity contribution in [1.82, 2.24) is 15.0 Å². The van der Waals surface area contributed by atoms with Gasteiger partial charge in [0.1, 0.15) is 5.56 Å². The number of allylic oxidation sites excluding steroid dienone is 1. The molecule has 7 nitrogen and oxygen atoms in total. The van der Waals surface area contributed by atoms with Crippen LogP contribution in [0.5, 0.6) is 5.88 Å². The van der Waals surface area contributed by atoms with Crippen LogP contribution in [0.2, 0.25) is 0 Å². The fourth-order valence-electron chi connectivity index (χ4n) is 1.55. The summed E-state index contributed by atoms with van der Waals surface area (Å²) in [7, 11) is 0. The fourth-order valence-corrected chi connectivity index (χ4v) is 1.81. The monoisotopic (exact) mass is 310 g/mol. The number of hydrazone groups is 1. The maximum Gasteiger partial charge on any atom is 0.264 e. The fraction of sp³-hybridized carbons (Fsp3) is 0.385. The molecule has 1 heterocycles. The number of carbonyl (C=O) groups excluding carboxylic acids is 1. The summed E-state index contributed by atoms with van der Waals surface area (Å²) < 4.78 is 1.38. The zero-order chi connectivity index (χ0) is 15.8. The first-order chi connectivity index (χ1) is 10.0.